The number of nitriles is 1. The summed E-state index contributed by atoms with van der Waals surface area (Å²) in [5.41, 5.74) is 2.55. The van der Waals surface area contributed by atoms with E-state index in [1.807, 2.05) is 12.1 Å². The molecule has 2 aromatic carbocycles. The van der Waals surface area contributed by atoms with Crippen LogP contribution in [-0.4, -0.2) is 37.1 Å². The van der Waals surface area contributed by atoms with Crippen LogP contribution in [0.5, 0.6) is 0 Å². The zero-order valence-electron chi connectivity index (χ0n) is 16.8. The van der Waals surface area contributed by atoms with Crippen molar-refractivity contribution in [3.05, 3.63) is 65.5 Å². The molecule has 4 heteroatoms. The molecule has 5 rings (SSSR count). The van der Waals surface area contributed by atoms with E-state index in [1.165, 1.54) is 37.3 Å². The van der Waals surface area contributed by atoms with Crippen molar-refractivity contribution in [2.75, 3.05) is 31.1 Å². The highest BCUT2D eigenvalue weighted by Crippen LogP contribution is 2.51. The Balaban J connectivity index is 1.15. The highest BCUT2D eigenvalue weighted by molar-refractivity contribution is 5.50. The average Bonchev–Trinajstić information content (AvgIpc) is 3.34. The number of halogens is 1. The van der Waals surface area contributed by atoms with Gasteiger partial charge in [-0.25, -0.2) is 4.39 Å². The fourth-order valence-electron chi connectivity index (χ4n) is 6.02. The fraction of sp³-hybridized carbons (Fsp3) is 0.480. The lowest BCUT2D eigenvalue weighted by Gasteiger charge is -2.39. The van der Waals surface area contributed by atoms with Gasteiger partial charge in [0.25, 0.3) is 0 Å². The summed E-state index contributed by atoms with van der Waals surface area (Å²) in [6, 6.07) is 18.7. The van der Waals surface area contributed by atoms with Crippen LogP contribution < -0.4 is 4.90 Å². The van der Waals surface area contributed by atoms with Gasteiger partial charge in [0.15, 0.2) is 0 Å². The van der Waals surface area contributed by atoms with E-state index in [1.54, 1.807) is 6.07 Å². The molecule has 2 atom stereocenters. The molecule has 2 unspecified atom stereocenters. The molecule has 1 heterocycles. The van der Waals surface area contributed by atoms with Gasteiger partial charge < -0.3 is 4.90 Å². The van der Waals surface area contributed by atoms with Gasteiger partial charge in [0, 0.05) is 37.9 Å². The minimum Gasteiger partial charge on any atom is -0.369 e. The minimum atomic E-state index is -0.413. The van der Waals surface area contributed by atoms with Crippen LogP contribution >= 0.6 is 0 Å². The van der Waals surface area contributed by atoms with Crippen molar-refractivity contribution in [2.45, 2.75) is 37.6 Å². The summed E-state index contributed by atoms with van der Waals surface area (Å²) in [4.78, 5) is 4.92. The smallest absolute Gasteiger partial charge is 0.143 e. The summed E-state index contributed by atoms with van der Waals surface area (Å²) >= 11 is 0. The molecule has 0 radical (unpaired) electrons. The number of rotatable bonds is 3. The number of anilines is 1. The molecule has 3 nitrogen and oxygen atoms in total. The van der Waals surface area contributed by atoms with Crippen LogP contribution in [0.15, 0.2) is 48.5 Å². The second-order valence-electron chi connectivity index (χ2n) is 9.02. The van der Waals surface area contributed by atoms with Gasteiger partial charge in [-0.1, -0.05) is 30.3 Å². The zero-order valence-corrected chi connectivity index (χ0v) is 16.8. The van der Waals surface area contributed by atoms with E-state index in [2.05, 4.69) is 40.1 Å². The molecule has 2 aromatic rings. The second-order valence-corrected chi connectivity index (χ2v) is 9.02. The molecular formula is C25H28FN3. The van der Waals surface area contributed by atoms with Gasteiger partial charge in [-0.15, -0.1) is 0 Å². The van der Waals surface area contributed by atoms with Crippen molar-refractivity contribution in [1.29, 1.82) is 5.26 Å². The molecule has 2 saturated carbocycles. The molecule has 0 aromatic heterocycles. The monoisotopic (exact) mass is 389 g/mol. The predicted molar refractivity (Wildman–Crippen MR) is 113 cm³/mol. The first kappa shape index (κ1) is 18.6. The first-order chi connectivity index (χ1) is 14.2. The van der Waals surface area contributed by atoms with E-state index >= 15 is 0 Å². The molecule has 3 fully saturated rings. The molecule has 2 aliphatic carbocycles. The molecule has 0 bridgehead atoms. The highest BCUT2D eigenvalue weighted by atomic mass is 19.1. The topological polar surface area (TPSA) is 30.3 Å². The predicted octanol–water partition coefficient (Wildman–Crippen LogP) is 4.79. The van der Waals surface area contributed by atoms with Crippen molar-refractivity contribution >= 4 is 5.69 Å². The number of nitrogens with zero attached hydrogens (tertiary/aromatic N) is 3. The Morgan fingerprint density at radius 2 is 1.55 bits per heavy atom. The van der Waals surface area contributed by atoms with E-state index in [4.69, 9.17) is 5.26 Å². The quantitative estimate of drug-likeness (QED) is 0.756. The van der Waals surface area contributed by atoms with Crippen molar-refractivity contribution in [2.24, 2.45) is 11.8 Å². The van der Waals surface area contributed by atoms with Gasteiger partial charge in [0.1, 0.15) is 11.9 Å². The van der Waals surface area contributed by atoms with E-state index in [0.29, 0.717) is 0 Å². The largest absolute Gasteiger partial charge is 0.369 e. The Morgan fingerprint density at radius 3 is 2.17 bits per heavy atom. The summed E-state index contributed by atoms with van der Waals surface area (Å²) < 4.78 is 14.0. The first-order valence-corrected chi connectivity index (χ1v) is 10.9. The molecule has 29 heavy (non-hydrogen) atoms. The lowest BCUT2D eigenvalue weighted by molar-refractivity contribution is 0.179. The van der Waals surface area contributed by atoms with Crippen LogP contribution in [0.25, 0.3) is 0 Å². The van der Waals surface area contributed by atoms with E-state index in [9.17, 15) is 4.39 Å². The van der Waals surface area contributed by atoms with Gasteiger partial charge in [0.05, 0.1) is 5.56 Å². The SMILES string of the molecule is N#Cc1ccc(N2CCN(C3CC4CC(c5ccccc5)CC4C3)CC2)cc1F. The van der Waals surface area contributed by atoms with Gasteiger partial charge in [-0.05, 0) is 67.2 Å². The summed E-state index contributed by atoms with van der Waals surface area (Å²) in [7, 11) is 0. The normalized spacial score (nSPS) is 29.6. The number of hydrogen-bond donors (Lipinski definition) is 0. The zero-order chi connectivity index (χ0) is 19.8. The van der Waals surface area contributed by atoms with Gasteiger partial charge in [-0.2, -0.15) is 5.26 Å². The molecule has 150 valence electrons. The summed E-state index contributed by atoms with van der Waals surface area (Å²) in [5.74, 6) is 2.12. The van der Waals surface area contributed by atoms with E-state index in [-0.39, 0.29) is 5.56 Å². The lowest BCUT2D eigenvalue weighted by atomic mass is 9.94. The third-order valence-corrected chi connectivity index (χ3v) is 7.53. The number of benzene rings is 2. The number of piperazine rings is 1. The first-order valence-electron chi connectivity index (χ1n) is 10.9. The van der Waals surface area contributed by atoms with Crippen LogP contribution in [0.2, 0.25) is 0 Å². The summed E-state index contributed by atoms with van der Waals surface area (Å²) in [6.07, 6.45) is 5.41. The average molecular weight is 390 g/mol. The Kier molecular flexibility index (Phi) is 5.01. The van der Waals surface area contributed by atoms with E-state index in [0.717, 1.165) is 55.7 Å². The molecule has 0 spiro atoms. The maximum Gasteiger partial charge on any atom is 0.143 e. The second kappa shape index (κ2) is 7.80. The van der Waals surface area contributed by atoms with Crippen molar-refractivity contribution < 1.29 is 4.39 Å². The minimum absolute atomic E-state index is 0.124. The molecule has 3 aliphatic rings. The van der Waals surface area contributed by atoms with Crippen molar-refractivity contribution in [3.8, 4) is 6.07 Å². The van der Waals surface area contributed by atoms with Gasteiger partial charge >= 0.3 is 0 Å². The Hall–Kier alpha value is -2.38. The molecule has 1 aliphatic heterocycles. The Morgan fingerprint density at radius 1 is 0.862 bits per heavy atom. The third kappa shape index (κ3) is 3.65. The van der Waals surface area contributed by atoms with Crippen molar-refractivity contribution in [3.63, 3.8) is 0 Å². The number of fused-ring (bicyclic) bond motifs is 1. The number of hydrogen-bond acceptors (Lipinski definition) is 3. The Bertz CT molecular complexity index is 884. The highest BCUT2D eigenvalue weighted by Gasteiger charge is 2.43. The van der Waals surface area contributed by atoms with Gasteiger partial charge in [0.2, 0.25) is 0 Å². The van der Waals surface area contributed by atoms with Gasteiger partial charge in [-0.3, -0.25) is 4.90 Å². The lowest BCUT2D eigenvalue weighted by Crippen LogP contribution is -2.50. The van der Waals surface area contributed by atoms with Crippen LogP contribution in [0, 0.1) is 29.0 Å². The van der Waals surface area contributed by atoms with Crippen LogP contribution in [0.3, 0.4) is 0 Å². The van der Waals surface area contributed by atoms with E-state index < -0.39 is 5.82 Å². The van der Waals surface area contributed by atoms with Crippen LogP contribution in [0.1, 0.15) is 42.7 Å². The maximum atomic E-state index is 14.0. The third-order valence-electron chi connectivity index (χ3n) is 7.53. The molecule has 0 N–H and O–H groups in total. The Labute approximate surface area is 172 Å². The molecule has 1 saturated heterocycles. The van der Waals surface area contributed by atoms with Crippen LogP contribution in [-0.2, 0) is 0 Å². The summed E-state index contributed by atoms with van der Waals surface area (Å²) in [5, 5.41) is 8.91. The van der Waals surface area contributed by atoms with Crippen LogP contribution in [0.4, 0.5) is 10.1 Å². The fourth-order valence-corrected chi connectivity index (χ4v) is 6.02. The molecule has 0 amide bonds. The maximum absolute atomic E-state index is 14.0. The molecular weight excluding hydrogens is 361 g/mol. The van der Waals surface area contributed by atoms with Crippen molar-refractivity contribution in [1.82, 2.24) is 4.90 Å². The standard InChI is InChI=1S/C25H28FN3/c26-25-16-23(7-6-19(25)17-27)28-8-10-29(11-9-28)24-14-21-12-20(13-22(21)15-24)18-4-2-1-3-5-18/h1-7,16,20-22,24H,8-15H2. The summed E-state index contributed by atoms with van der Waals surface area (Å²) in [6.45, 7) is 3.97.